The van der Waals surface area contributed by atoms with E-state index in [1.54, 1.807) is 0 Å². The summed E-state index contributed by atoms with van der Waals surface area (Å²) < 4.78 is 0. The van der Waals surface area contributed by atoms with E-state index in [9.17, 15) is 0 Å². The summed E-state index contributed by atoms with van der Waals surface area (Å²) in [5.41, 5.74) is 0. The van der Waals surface area contributed by atoms with Crippen LogP contribution in [0.5, 0.6) is 0 Å². The Morgan fingerprint density at radius 1 is 1.29 bits per heavy atom. The van der Waals surface area contributed by atoms with Crippen molar-refractivity contribution in [1.29, 1.82) is 0 Å². The number of nitrogens with zero attached hydrogens (tertiary/aromatic N) is 1. The smallest absolute Gasteiger partial charge is 0.156 e. The van der Waals surface area contributed by atoms with Gasteiger partial charge in [-0.15, -0.1) is 0 Å². The topological polar surface area (TPSA) is 24.4 Å². The Balaban J connectivity index is 1.77. The zero-order valence-corrected chi connectivity index (χ0v) is 9.78. The fourth-order valence-electron chi connectivity index (χ4n) is 2.13. The van der Waals surface area contributed by atoms with Gasteiger partial charge in [-0.1, -0.05) is 18.7 Å². The van der Waals surface area contributed by atoms with Crippen LogP contribution in [0.25, 0.3) is 0 Å². The molecule has 0 radical (unpaired) electrons. The Hall–Kier alpha value is -0.180. The van der Waals surface area contributed by atoms with Crippen LogP contribution in [0.1, 0.15) is 39.0 Å². The van der Waals surface area contributed by atoms with Gasteiger partial charge in [0, 0.05) is 18.3 Å². The van der Waals surface area contributed by atoms with E-state index >= 15 is 0 Å². The van der Waals surface area contributed by atoms with Crippen LogP contribution in [-0.4, -0.2) is 23.5 Å². The molecule has 1 saturated carbocycles. The number of aliphatic imine (C=N–C) groups is 1. The van der Waals surface area contributed by atoms with Crippen LogP contribution >= 0.6 is 11.8 Å². The van der Waals surface area contributed by atoms with Crippen molar-refractivity contribution in [2.45, 2.75) is 45.1 Å². The molecule has 0 amide bonds. The zero-order valence-electron chi connectivity index (χ0n) is 8.96. The lowest BCUT2D eigenvalue weighted by atomic mass is 9.87. The first-order chi connectivity index (χ1) is 6.84. The summed E-state index contributed by atoms with van der Waals surface area (Å²) in [5.74, 6) is 2.18. The molecule has 80 valence electrons. The first-order valence-electron chi connectivity index (χ1n) is 5.78. The molecule has 2 rings (SSSR count). The van der Waals surface area contributed by atoms with E-state index in [1.165, 1.54) is 43.0 Å². The fraction of sp³-hybridized carbons (Fsp3) is 0.909. The molecule has 0 unspecified atom stereocenters. The third kappa shape index (κ3) is 2.91. The van der Waals surface area contributed by atoms with Gasteiger partial charge in [0.05, 0.1) is 0 Å². The van der Waals surface area contributed by atoms with Gasteiger partial charge in [0.1, 0.15) is 0 Å². The van der Waals surface area contributed by atoms with E-state index < -0.39 is 0 Å². The number of nitrogens with one attached hydrogen (secondary N) is 1. The number of hydrogen-bond acceptors (Lipinski definition) is 3. The zero-order chi connectivity index (χ0) is 9.80. The van der Waals surface area contributed by atoms with Crippen LogP contribution in [-0.2, 0) is 0 Å². The molecule has 0 aromatic rings. The minimum atomic E-state index is 0.704. The van der Waals surface area contributed by atoms with E-state index in [0.717, 1.165) is 12.5 Å². The first-order valence-corrected chi connectivity index (χ1v) is 6.77. The average molecular weight is 212 g/mol. The summed E-state index contributed by atoms with van der Waals surface area (Å²) in [4.78, 5) is 4.51. The van der Waals surface area contributed by atoms with Gasteiger partial charge in [-0.3, -0.25) is 4.99 Å². The monoisotopic (exact) mass is 212 g/mol. The minimum absolute atomic E-state index is 0.704. The molecule has 0 saturated heterocycles. The van der Waals surface area contributed by atoms with E-state index in [2.05, 4.69) is 17.2 Å². The van der Waals surface area contributed by atoms with Crippen LogP contribution < -0.4 is 5.32 Å². The highest BCUT2D eigenvalue weighted by Crippen LogP contribution is 2.24. The van der Waals surface area contributed by atoms with Crippen molar-refractivity contribution >= 4 is 16.9 Å². The standard InChI is InChI=1S/C11H20N2S/c1-9-3-5-10(6-4-9)13-11-12-7-2-8-14-11/h9-10H,2-8H2,1H3,(H,12,13). The van der Waals surface area contributed by atoms with Crippen molar-refractivity contribution in [3.05, 3.63) is 0 Å². The van der Waals surface area contributed by atoms with E-state index in [0.29, 0.717) is 6.04 Å². The molecule has 0 bridgehead atoms. The summed E-state index contributed by atoms with van der Waals surface area (Å²) in [6.07, 6.45) is 6.68. The Morgan fingerprint density at radius 3 is 2.71 bits per heavy atom. The highest BCUT2D eigenvalue weighted by molar-refractivity contribution is 8.13. The third-order valence-corrected chi connectivity index (χ3v) is 4.15. The maximum Gasteiger partial charge on any atom is 0.156 e. The lowest BCUT2D eigenvalue weighted by molar-refractivity contribution is 0.332. The molecular weight excluding hydrogens is 192 g/mol. The second kappa shape index (κ2) is 5.06. The summed E-state index contributed by atoms with van der Waals surface area (Å²) in [5, 5.41) is 4.80. The SMILES string of the molecule is CC1CCC(NC2=NCCCS2)CC1. The summed E-state index contributed by atoms with van der Waals surface area (Å²) >= 11 is 1.90. The first kappa shape index (κ1) is 10.3. The van der Waals surface area contributed by atoms with Gasteiger partial charge >= 0.3 is 0 Å². The Morgan fingerprint density at radius 2 is 2.07 bits per heavy atom. The van der Waals surface area contributed by atoms with Crippen LogP contribution in [0.3, 0.4) is 0 Å². The van der Waals surface area contributed by atoms with E-state index in [4.69, 9.17) is 0 Å². The summed E-state index contributed by atoms with van der Waals surface area (Å²) in [7, 11) is 0. The van der Waals surface area contributed by atoms with Gasteiger partial charge in [-0.05, 0) is 38.0 Å². The number of hydrogen-bond donors (Lipinski definition) is 1. The second-order valence-corrected chi connectivity index (χ2v) is 5.57. The van der Waals surface area contributed by atoms with Crippen LogP contribution in [0.2, 0.25) is 0 Å². The molecule has 1 heterocycles. The van der Waals surface area contributed by atoms with Gasteiger partial charge in [0.2, 0.25) is 0 Å². The Kier molecular flexibility index (Phi) is 3.74. The molecule has 1 N–H and O–H groups in total. The Bertz CT molecular complexity index is 207. The third-order valence-electron chi connectivity index (χ3n) is 3.14. The highest BCUT2D eigenvalue weighted by atomic mass is 32.2. The number of rotatable bonds is 1. The van der Waals surface area contributed by atoms with Crippen molar-refractivity contribution in [2.24, 2.45) is 10.9 Å². The van der Waals surface area contributed by atoms with Crippen LogP contribution in [0, 0.1) is 5.92 Å². The lowest BCUT2D eigenvalue weighted by Gasteiger charge is -2.28. The molecule has 2 nitrogen and oxygen atoms in total. The molecule has 1 aliphatic heterocycles. The summed E-state index contributed by atoms with van der Waals surface area (Å²) in [6.45, 7) is 3.39. The second-order valence-electron chi connectivity index (χ2n) is 4.49. The molecule has 3 heteroatoms. The normalized spacial score (nSPS) is 33.6. The summed E-state index contributed by atoms with van der Waals surface area (Å²) in [6, 6.07) is 0.704. The van der Waals surface area contributed by atoms with Crippen LogP contribution in [0.4, 0.5) is 0 Å². The lowest BCUT2D eigenvalue weighted by Crippen LogP contribution is -2.37. The van der Waals surface area contributed by atoms with Crippen LogP contribution in [0.15, 0.2) is 4.99 Å². The van der Waals surface area contributed by atoms with Crippen molar-refractivity contribution in [3.63, 3.8) is 0 Å². The largest absolute Gasteiger partial charge is 0.362 e. The van der Waals surface area contributed by atoms with Gasteiger partial charge in [0.25, 0.3) is 0 Å². The average Bonchev–Trinajstić information content (AvgIpc) is 2.23. The molecule has 14 heavy (non-hydrogen) atoms. The van der Waals surface area contributed by atoms with E-state index in [-0.39, 0.29) is 0 Å². The highest BCUT2D eigenvalue weighted by Gasteiger charge is 2.19. The maximum absolute atomic E-state index is 4.51. The van der Waals surface area contributed by atoms with Crippen molar-refractivity contribution < 1.29 is 0 Å². The number of thioether (sulfide) groups is 1. The predicted molar refractivity (Wildman–Crippen MR) is 63.9 cm³/mol. The molecule has 0 aromatic heterocycles. The molecular formula is C11H20N2S. The van der Waals surface area contributed by atoms with Gasteiger partial charge in [-0.2, -0.15) is 0 Å². The minimum Gasteiger partial charge on any atom is -0.362 e. The van der Waals surface area contributed by atoms with Gasteiger partial charge < -0.3 is 5.32 Å². The van der Waals surface area contributed by atoms with Crippen molar-refractivity contribution in [2.75, 3.05) is 12.3 Å². The molecule has 1 fully saturated rings. The number of amidine groups is 1. The maximum atomic E-state index is 4.51. The molecule has 0 atom stereocenters. The van der Waals surface area contributed by atoms with Gasteiger partial charge in [-0.25, -0.2) is 0 Å². The van der Waals surface area contributed by atoms with Crippen molar-refractivity contribution in [3.8, 4) is 0 Å². The fourth-order valence-corrected chi connectivity index (χ4v) is 3.03. The predicted octanol–water partition coefficient (Wildman–Crippen LogP) is 2.65. The Labute approximate surface area is 90.9 Å². The molecule has 2 aliphatic rings. The quantitative estimate of drug-likeness (QED) is 0.722. The molecule has 1 aliphatic carbocycles. The van der Waals surface area contributed by atoms with E-state index in [1.807, 2.05) is 11.8 Å². The molecule has 0 aromatic carbocycles. The van der Waals surface area contributed by atoms with Crippen molar-refractivity contribution in [1.82, 2.24) is 5.32 Å². The molecule has 0 spiro atoms. The van der Waals surface area contributed by atoms with Gasteiger partial charge in [0.15, 0.2) is 5.17 Å².